The van der Waals surface area contributed by atoms with E-state index in [1.165, 1.54) is 11.3 Å². The zero-order chi connectivity index (χ0) is 27.8. The molecule has 11 nitrogen and oxygen atoms in total. The lowest BCUT2D eigenvalue weighted by atomic mass is 10.2. The number of hydrogen-bond acceptors (Lipinski definition) is 10. The van der Waals surface area contributed by atoms with Gasteiger partial charge in [0.2, 0.25) is 15.3 Å². The molecule has 4 rings (SSSR count). The summed E-state index contributed by atoms with van der Waals surface area (Å²) in [5, 5.41) is 10.5. The molecule has 1 aromatic carbocycles. The first-order valence-corrected chi connectivity index (χ1v) is 13.9. The second kappa shape index (κ2) is 10.7. The zero-order valence-corrected chi connectivity index (χ0v) is 22.4. The van der Waals surface area contributed by atoms with Crippen molar-refractivity contribution in [3.05, 3.63) is 29.5 Å². The summed E-state index contributed by atoms with van der Waals surface area (Å²) < 4.78 is 69.0. The van der Waals surface area contributed by atoms with Crippen molar-refractivity contribution in [3.8, 4) is 5.75 Å². The minimum atomic E-state index is -4.94. The fraction of sp³-hybridized carbons (Fsp3) is 0.429. The molecule has 0 unspecified atom stereocenters. The Hall–Kier alpha value is -2.95. The highest BCUT2D eigenvalue weighted by atomic mass is 35.5. The molecule has 1 atom stereocenters. The van der Waals surface area contributed by atoms with Crippen LogP contribution < -0.4 is 14.5 Å². The van der Waals surface area contributed by atoms with Crippen LogP contribution in [0, 0.1) is 0 Å². The summed E-state index contributed by atoms with van der Waals surface area (Å²) in [5.41, 5.74) is 0.343. The first kappa shape index (κ1) is 28.1. The lowest BCUT2D eigenvalue weighted by molar-refractivity contribution is -0.274. The third kappa shape index (κ3) is 5.72. The van der Waals surface area contributed by atoms with Gasteiger partial charge in [0, 0.05) is 32.7 Å². The smallest absolute Gasteiger partial charge is 0.480 e. The van der Waals surface area contributed by atoms with Gasteiger partial charge in [-0.2, -0.15) is 19.3 Å². The fourth-order valence-corrected chi connectivity index (χ4v) is 6.89. The topological polar surface area (TPSA) is 129 Å². The summed E-state index contributed by atoms with van der Waals surface area (Å²) in [4.78, 5) is 28.4. The fourth-order valence-electron chi connectivity index (χ4n) is 4.01. The Morgan fingerprint density at radius 3 is 2.42 bits per heavy atom. The van der Waals surface area contributed by atoms with Crippen LogP contribution in [0.1, 0.15) is 13.8 Å². The van der Waals surface area contributed by atoms with Crippen molar-refractivity contribution < 1.29 is 36.2 Å². The lowest BCUT2D eigenvalue weighted by Gasteiger charge is -2.39. The average Bonchev–Trinajstić information content (AvgIpc) is 3.26. The standard InChI is InChI=1S/C21H22ClF3N6O5S2/c1-3-29(4-2)20-27-16-15(37-20)17(28-19(22)26-16)30-9-10-31(14(11-30)18(32)33)38(34,35)13-7-5-12(6-8-13)36-21(23,24)25/h5-8,14H,3-4,9-11H2,1-2H3,(H,32,33)/t14-/m1/s1. The maximum atomic E-state index is 13.3. The number of hydrogen-bond donors (Lipinski definition) is 1. The third-order valence-corrected chi connectivity index (χ3v) is 9.00. The third-order valence-electron chi connectivity index (χ3n) is 5.81. The molecule has 1 aliphatic rings. The van der Waals surface area contributed by atoms with Gasteiger partial charge in [-0.1, -0.05) is 11.3 Å². The van der Waals surface area contributed by atoms with Crippen LogP contribution in [-0.4, -0.2) is 83.9 Å². The molecule has 1 saturated heterocycles. The van der Waals surface area contributed by atoms with Gasteiger partial charge in [-0.05, 0) is 49.7 Å². The quantitative estimate of drug-likeness (QED) is 0.387. The number of carboxylic acid groups (broad SMARTS) is 1. The van der Waals surface area contributed by atoms with E-state index in [2.05, 4.69) is 19.7 Å². The van der Waals surface area contributed by atoms with E-state index in [-0.39, 0.29) is 29.8 Å². The van der Waals surface area contributed by atoms with Crippen LogP contribution in [0.3, 0.4) is 0 Å². The van der Waals surface area contributed by atoms with Crippen LogP contribution in [-0.2, 0) is 14.8 Å². The number of ether oxygens (including phenoxy) is 1. The molecule has 2 aromatic heterocycles. The minimum Gasteiger partial charge on any atom is -0.480 e. The number of carbonyl (C=O) groups is 1. The maximum Gasteiger partial charge on any atom is 0.573 e. The van der Waals surface area contributed by atoms with Crippen molar-refractivity contribution in [3.63, 3.8) is 0 Å². The number of benzene rings is 1. The molecule has 0 spiro atoms. The van der Waals surface area contributed by atoms with E-state index in [0.717, 1.165) is 28.6 Å². The highest BCUT2D eigenvalue weighted by molar-refractivity contribution is 7.89. The van der Waals surface area contributed by atoms with Crippen LogP contribution in [0.4, 0.5) is 24.1 Å². The second-order valence-electron chi connectivity index (χ2n) is 8.07. The zero-order valence-electron chi connectivity index (χ0n) is 20.0. The normalized spacial score (nSPS) is 17.1. The van der Waals surface area contributed by atoms with E-state index in [4.69, 9.17) is 11.6 Å². The monoisotopic (exact) mass is 594 g/mol. The maximum absolute atomic E-state index is 13.3. The van der Waals surface area contributed by atoms with Crippen LogP contribution >= 0.6 is 22.9 Å². The highest BCUT2D eigenvalue weighted by Crippen LogP contribution is 2.36. The van der Waals surface area contributed by atoms with Crippen molar-refractivity contribution in [2.45, 2.75) is 31.1 Å². The molecular weight excluding hydrogens is 573 g/mol. The van der Waals surface area contributed by atoms with Gasteiger partial charge in [0.05, 0.1) is 4.90 Å². The van der Waals surface area contributed by atoms with Gasteiger partial charge in [-0.15, -0.1) is 13.2 Å². The summed E-state index contributed by atoms with van der Waals surface area (Å²) >= 11 is 7.45. The molecule has 0 saturated carbocycles. The van der Waals surface area contributed by atoms with Gasteiger partial charge < -0.3 is 19.6 Å². The molecule has 1 fully saturated rings. The van der Waals surface area contributed by atoms with Crippen molar-refractivity contribution >= 4 is 60.2 Å². The molecule has 3 aromatic rings. The number of fused-ring (bicyclic) bond motifs is 1. The van der Waals surface area contributed by atoms with Gasteiger partial charge in [0.1, 0.15) is 16.5 Å². The Balaban J connectivity index is 1.63. The molecule has 1 N–H and O–H groups in total. The van der Waals surface area contributed by atoms with E-state index in [0.29, 0.717) is 34.4 Å². The number of halogens is 4. The SMILES string of the molecule is CCN(CC)c1nc2nc(Cl)nc(N3CCN(S(=O)(=O)c4ccc(OC(F)(F)F)cc4)[C@@H](C(=O)O)C3)c2s1. The van der Waals surface area contributed by atoms with Crippen molar-refractivity contribution in [1.29, 1.82) is 0 Å². The summed E-state index contributed by atoms with van der Waals surface area (Å²) in [6.07, 6.45) is -4.94. The molecule has 206 valence electrons. The number of carboxylic acids is 1. The number of anilines is 2. The van der Waals surface area contributed by atoms with Crippen molar-refractivity contribution in [2.75, 3.05) is 42.5 Å². The van der Waals surface area contributed by atoms with E-state index >= 15 is 0 Å². The van der Waals surface area contributed by atoms with Gasteiger partial charge >= 0.3 is 12.3 Å². The number of alkyl halides is 3. The summed E-state index contributed by atoms with van der Waals surface area (Å²) in [6.45, 7) is 4.93. The molecule has 0 radical (unpaired) electrons. The number of aliphatic carboxylic acids is 1. The van der Waals surface area contributed by atoms with E-state index in [9.17, 15) is 31.5 Å². The van der Waals surface area contributed by atoms with E-state index in [1.807, 2.05) is 18.7 Å². The van der Waals surface area contributed by atoms with Gasteiger partial charge in [0.15, 0.2) is 16.6 Å². The number of nitrogens with zero attached hydrogens (tertiary/aromatic N) is 6. The molecule has 17 heteroatoms. The van der Waals surface area contributed by atoms with Crippen LogP contribution in [0.5, 0.6) is 5.75 Å². The summed E-state index contributed by atoms with van der Waals surface area (Å²) in [6, 6.07) is 2.05. The largest absolute Gasteiger partial charge is 0.573 e. The Morgan fingerprint density at radius 2 is 1.84 bits per heavy atom. The molecular formula is C21H22ClF3N6O5S2. The number of rotatable bonds is 8. The minimum absolute atomic E-state index is 0.0687. The predicted molar refractivity (Wildman–Crippen MR) is 134 cm³/mol. The summed E-state index contributed by atoms with van der Waals surface area (Å²) in [5.74, 6) is -1.66. The Bertz CT molecular complexity index is 1430. The molecule has 0 aliphatic carbocycles. The van der Waals surface area contributed by atoms with Gasteiger partial charge in [0.25, 0.3) is 0 Å². The molecule has 0 bridgehead atoms. The van der Waals surface area contributed by atoms with Crippen LogP contribution in [0.2, 0.25) is 5.28 Å². The Morgan fingerprint density at radius 1 is 1.18 bits per heavy atom. The van der Waals surface area contributed by atoms with Gasteiger partial charge in [-0.25, -0.2) is 8.42 Å². The molecule has 3 heterocycles. The van der Waals surface area contributed by atoms with Gasteiger partial charge in [-0.3, -0.25) is 4.79 Å². The number of aromatic nitrogens is 3. The first-order chi connectivity index (χ1) is 17.8. The molecule has 1 aliphatic heterocycles. The Labute approximate surface area is 224 Å². The first-order valence-electron chi connectivity index (χ1n) is 11.3. The summed E-state index contributed by atoms with van der Waals surface area (Å²) in [7, 11) is -4.37. The molecule has 38 heavy (non-hydrogen) atoms. The lowest BCUT2D eigenvalue weighted by Crippen LogP contribution is -2.58. The number of sulfonamides is 1. The van der Waals surface area contributed by atoms with E-state index in [1.54, 1.807) is 4.90 Å². The van der Waals surface area contributed by atoms with Crippen molar-refractivity contribution in [1.82, 2.24) is 19.3 Å². The van der Waals surface area contributed by atoms with E-state index < -0.39 is 34.1 Å². The predicted octanol–water partition coefficient (Wildman–Crippen LogP) is 3.45. The average molecular weight is 595 g/mol. The highest BCUT2D eigenvalue weighted by Gasteiger charge is 2.41. The number of piperazine rings is 1. The molecule has 0 amide bonds. The second-order valence-corrected chi connectivity index (χ2v) is 11.3. The van der Waals surface area contributed by atoms with Crippen LogP contribution in [0.25, 0.3) is 10.3 Å². The van der Waals surface area contributed by atoms with Crippen molar-refractivity contribution in [2.24, 2.45) is 0 Å². The number of thiazole rings is 1. The van der Waals surface area contributed by atoms with Crippen LogP contribution in [0.15, 0.2) is 29.2 Å². The Kier molecular flexibility index (Phi) is 7.88.